The zero-order chi connectivity index (χ0) is 13.5. The zero-order valence-corrected chi connectivity index (χ0v) is 11.6. The fourth-order valence-electron chi connectivity index (χ4n) is 3.49. The summed E-state index contributed by atoms with van der Waals surface area (Å²) in [6.07, 6.45) is 4.19. The molecule has 3 heteroatoms. The highest BCUT2D eigenvalue weighted by molar-refractivity contribution is 5.42. The Bertz CT molecular complexity index is 526. The second-order valence-electron chi connectivity index (χ2n) is 5.95. The molecule has 1 aromatic carbocycles. The number of hydrogen-bond acceptors (Lipinski definition) is 3. The normalized spacial score (nSPS) is 21.2. The van der Waals surface area contributed by atoms with Crippen molar-refractivity contribution >= 4 is 0 Å². The maximum atomic E-state index is 9.61. The zero-order valence-electron chi connectivity index (χ0n) is 11.6. The summed E-state index contributed by atoms with van der Waals surface area (Å²) < 4.78 is 5.57. The monoisotopic (exact) mass is 256 g/mol. The van der Waals surface area contributed by atoms with Crippen molar-refractivity contribution < 1.29 is 4.74 Å². The van der Waals surface area contributed by atoms with E-state index in [4.69, 9.17) is 4.74 Å². The summed E-state index contributed by atoms with van der Waals surface area (Å²) >= 11 is 0. The van der Waals surface area contributed by atoms with Gasteiger partial charge in [0.25, 0.3) is 0 Å². The van der Waals surface area contributed by atoms with Crippen LogP contribution in [0.4, 0.5) is 0 Å². The topological polar surface area (TPSA) is 36.3 Å². The molecular formula is C16H20N2O. The Morgan fingerprint density at radius 3 is 2.74 bits per heavy atom. The van der Waals surface area contributed by atoms with Gasteiger partial charge in [0.2, 0.25) is 0 Å². The largest absolute Gasteiger partial charge is 0.493 e. The minimum Gasteiger partial charge on any atom is -0.493 e. The molecule has 0 bridgehead atoms. The smallest absolute Gasteiger partial charge is 0.122 e. The molecule has 1 aromatic rings. The molecule has 1 aliphatic carbocycles. The molecule has 0 saturated heterocycles. The van der Waals surface area contributed by atoms with E-state index in [0.29, 0.717) is 0 Å². The van der Waals surface area contributed by atoms with E-state index in [1.54, 1.807) is 0 Å². The second-order valence-corrected chi connectivity index (χ2v) is 5.95. The Morgan fingerprint density at radius 2 is 2.16 bits per heavy atom. The first kappa shape index (κ1) is 12.5. The molecule has 1 heterocycles. The van der Waals surface area contributed by atoms with Crippen LogP contribution in [0.15, 0.2) is 18.2 Å². The van der Waals surface area contributed by atoms with Crippen molar-refractivity contribution in [3.8, 4) is 11.8 Å². The van der Waals surface area contributed by atoms with Crippen molar-refractivity contribution in [2.45, 2.75) is 31.7 Å². The van der Waals surface area contributed by atoms with Gasteiger partial charge in [-0.2, -0.15) is 5.26 Å². The third-order valence-corrected chi connectivity index (χ3v) is 4.54. The lowest BCUT2D eigenvalue weighted by molar-refractivity contribution is 0.0748. The standard InChI is InChI=1S/C16H20N2O/c1-18(2)15(16(11-17)7-3-8-16)13-4-5-14-12(10-13)6-9-19-14/h4-5,10,15H,3,6-9H2,1-2H3. The highest BCUT2D eigenvalue weighted by Gasteiger charge is 2.46. The lowest BCUT2D eigenvalue weighted by Gasteiger charge is -2.45. The van der Waals surface area contributed by atoms with Crippen LogP contribution in [0.3, 0.4) is 0 Å². The van der Waals surface area contributed by atoms with Gasteiger partial charge in [-0.1, -0.05) is 18.6 Å². The Hall–Kier alpha value is -1.53. The Morgan fingerprint density at radius 1 is 1.37 bits per heavy atom. The molecule has 1 fully saturated rings. The minimum atomic E-state index is -0.197. The van der Waals surface area contributed by atoms with Crippen molar-refractivity contribution in [2.75, 3.05) is 20.7 Å². The molecule has 1 aliphatic heterocycles. The summed E-state index contributed by atoms with van der Waals surface area (Å²) in [6, 6.07) is 9.22. The van der Waals surface area contributed by atoms with Gasteiger partial charge in [0.05, 0.1) is 24.1 Å². The number of nitriles is 1. The minimum absolute atomic E-state index is 0.192. The Labute approximate surface area is 114 Å². The molecule has 1 saturated carbocycles. The molecule has 0 aromatic heterocycles. The summed E-state index contributed by atoms with van der Waals surface area (Å²) in [7, 11) is 4.15. The van der Waals surface area contributed by atoms with Crippen LogP contribution >= 0.6 is 0 Å². The van der Waals surface area contributed by atoms with Gasteiger partial charge in [-0.25, -0.2) is 0 Å². The molecule has 2 aliphatic rings. The number of hydrogen-bond donors (Lipinski definition) is 0. The summed E-state index contributed by atoms with van der Waals surface area (Å²) in [5.41, 5.74) is 2.35. The molecule has 0 spiro atoms. The first-order valence-electron chi connectivity index (χ1n) is 7.00. The van der Waals surface area contributed by atoms with Crippen molar-refractivity contribution in [1.29, 1.82) is 5.26 Å². The van der Waals surface area contributed by atoms with Crippen LogP contribution in [-0.2, 0) is 6.42 Å². The van der Waals surface area contributed by atoms with Crippen LogP contribution < -0.4 is 4.74 Å². The van der Waals surface area contributed by atoms with E-state index in [2.05, 4.69) is 43.3 Å². The van der Waals surface area contributed by atoms with E-state index in [0.717, 1.165) is 31.6 Å². The van der Waals surface area contributed by atoms with E-state index < -0.39 is 0 Å². The predicted octanol–water partition coefficient (Wildman–Crippen LogP) is 2.92. The lowest BCUT2D eigenvalue weighted by Crippen LogP contribution is -2.41. The summed E-state index contributed by atoms with van der Waals surface area (Å²) in [5, 5.41) is 9.61. The molecule has 100 valence electrons. The lowest BCUT2D eigenvalue weighted by atomic mass is 9.63. The molecule has 0 radical (unpaired) electrons. The maximum absolute atomic E-state index is 9.61. The van der Waals surface area contributed by atoms with Crippen molar-refractivity contribution in [1.82, 2.24) is 4.90 Å². The van der Waals surface area contributed by atoms with Gasteiger partial charge in [0.1, 0.15) is 5.75 Å². The maximum Gasteiger partial charge on any atom is 0.122 e. The number of nitrogens with zero attached hydrogens (tertiary/aromatic N) is 2. The van der Waals surface area contributed by atoms with E-state index >= 15 is 0 Å². The molecule has 3 rings (SSSR count). The SMILES string of the molecule is CN(C)C(c1ccc2c(c1)CCO2)C1(C#N)CCC1. The van der Waals surface area contributed by atoms with Gasteiger partial charge in [0, 0.05) is 6.42 Å². The first-order valence-corrected chi connectivity index (χ1v) is 7.00. The summed E-state index contributed by atoms with van der Waals surface area (Å²) in [6.45, 7) is 0.787. The number of fused-ring (bicyclic) bond motifs is 1. The third kappa shape index (κ3) is 1.91. The van der Waals surface area contributed by atoms with E-state index in [1.807, 2.05) is 0 Å². The molecular weight excluding hydrogens is 236 g/mol. The molecule has 3 nitrogen and oxygen atoms in total. The Balaban J connectivity index is 1.99. The fourth-order valence-corrected chi connectivity index (χ4v) is 3.49. The number of rotatable bonds is 3. The highest BCUT2D eigenvalue weighted by Crippen LogP contribution is 2.52. The average molecular weight is 256 g/mol. The molecule has 0 N–H and O–H groups in total. The van der Waals surface area contributed by atoms with Crippen molar-refractivity contribution in [2.24, 2.45) is 5.41 Å². The van der Waals surface area contributed by atoms with E-state index in [-0.39, 0.29) is 11.5 Å². The average Bonchev–Trinajstić information content (AvgIpc) is 2.80. The third-order valence-electron chi connectivity index (χ3n) is 4.54. The van der Waals surface area contributed by atoms with Crippen LogP contribution in [0.1, 0.15) is 36.4 Å². The summed E-state index contributed by atoms with van der Waals surface area (Å²) in [4.78, 5) is 2.19. The van der Waals surface area contributed by atoms with Gasteiger partial charge < -0.3 is 9.64 Å². The first-order chi connectivity index (χ1) is 9.16. The van der Waals surface area contributed by atoms with Crippen LogP contribution in [-0.4, -0.2) is 25.6 Å². The van der Waals surface area contributed by atoms with Crippen LogP contribution in [0.2, 0.25) is 0 Å². The van der Waals surface area contributed by atoms with Crippen molar-refractivity contribution in [3.63, 3.8) is 0 Å². The van der Waals surface area contributed by atoms with Gasteiger partial charge in [0.15, 0.2) is 0 Å². The molecule has 1 atom stereocenters. The molecule has 0 amide bonds. The number of benzene rings is 1. The van der Waals surface area contributed by atoms with Crippen LogP contribution in [0.25, 0.3) is 0 Å². The van der Waals surface area contributed by atoms with E-state index in [1.165, 1.54) is 17.5 Å². The molecule has 1 unspecified atom stereocenters. The predicted molar refractivity (Wildman–Crippen MR) is 74.0 cm³/mol. The Kier molecular flexibility index (Phi) is 2.99. The van der Waals surface area contributed by atoms with Gasteiger partial charge in [-0.3, -0.25) is 0 Å². The van der Waals surface area contributed by atoms with Gasteiger partial charge in [-0.15, -0.1) is 0 Å². The highest BCUT2D eigenvalue weighted by atomic mass is 16.5. The number of ether oxygens (including phenoxy) is 1. The quantitative estimate of drug-likeness (QED) is 0.834. The van der Waals surface area contributed by atoms with Gasteiger partial charge >= 0.3 is 0 Å². The van der Waals surface area contributed by atoms with Gasteiger partial charge in [-0.05, 0) is 44.1 Å². The second kappa shape index (κ2) is 4.54. The van der Waals surface area contributed by atoms with Crippen LogP contribution in [0, 0.1) is 16.7 Å². The summed E-state index contributed by atoms with van der Waals surface area (Å²) in [5.74, 6) is 1.01. The van der Waals surface area contributed by atoms with Crippen molar-refractivity contribution in [3.05, 3.63) is 29.3 Å². The van der Waals surface area contributed by atoms with E-state index in [9.17, 15) is 5.26 Å². The molecule has 19 heavy (non-hydrogen) atoms. The fraction of sp³-hybridized carbons (Fsp3) is 0.562. The van der Waals surface area contributed by atoms with Crippen LogP contribution in [0.5, 0.6) is 5.75 Å².